The highest BCUT2D eigenvalue weighted by Gasteiger charge is 2.38. The fraction of sp³-hybridized carbons (Fsp3) is 0.250. The number of hydrogen-bond donors (Lipinski definition) is 1. The first-order chi connectivity index (χ1) is 10.5. The summed E-state index contributed by atoms with van der Waals surface area (Å²) in [7, 11) is 4.14. The molecule has 116 valence electrons. The zero-order valence-corrected chi connectivity index (χ0v) is 12.6. The highest BCUT2D eigenvalue weighted by atomic mass is 16.5. The molecule has 0 radical (unpaired) electrons. The van der Waals surface area contributed by atoms with E-state index >= 15 is 0 Å². The van der Waals surface area contributed by atoms with E-state index in [2.05, 4.69) is 6.58 Å². The molecule has 6 heteroatoms. The molecule has 1 aromatic carbocycles. The number of rotatable bonds is 5. The van der Waals surface area contributed by atoms with Gasteiger partial charge in [-0.25, -0.2) is 0 Å². The van der Waals surface area contributed by atoms with Gasteiger partial charge in [0.1, 0.15) is 11.5 Å². The van der Waals surface area contributed by atoms with E-state index < -0.39 is 11.6 Å². The molecule has 0 saturated heterocycles. The lowest BCUT2D eigenvalue weighted by Crippen LogP contribution is -2.25. The lowest BCUT2D eigenvalue weighted by Gasteiger charge is -2.23. The fourth-order valence-corrected chi connectivity index (χ4v) is 2.43. The quantitative estimate of drug-likeness (QED) is 0.664. The van der Waals surface area contributed by atoms with E-state index in [0.29, 0.717) is 0 Å². The highest BCUT2D eigenvalue weighted by Crippen LogP contribution is 2.45. The van der Waals surface area contributed by atoms with E-state index in [1.165, 1.54) is 33.5 Å². The van der Waals surface area contributed by atoms with Crippen molar-refractivity contribution in [2.45, 2.75) is 6.42 Å². The van der Waals surface area contributed by atoms with Gasteiger partial charge in [0.05, 0.1) is 32.5 Å². The van der Waals surface area contributed by atoms with Gasteiger partial charge in [0.25, 0.3) is 0 Å². The number of allylic oxidation sites excluding steroid dienone is 2. The van der Waals surface area contributed by atoms with Crippen LogP contribution in [0.1, 0.15) is 22.3 Å². The average molecular weight is 304 g/mol. The number of aliphatic hydroxyl groups is 1. The van der Waals surface area contributed by atoms with E-state index in [1.54, 1.807) is 0 Å². The summed E-state index contributed by atoms with van der Waals surface area (Å²) in [5.74, 6) is -1.35. The minimum atomic E-state index is -0.793. The first kappa shape index (κ1) is 15.6. The summed E-state index contributed by atoms with van der Waals surface area (Å²) in [6.07, 6.45) is 1.52. The molecule has 22 heavy (non-hydrogen) atoms. The van der Waals surface area contributed by atoms with Crippen molar-refractivity contribution in [1.82, 2.24) is 0 Å². The number of carbonyl (C=O) groups excluding carboxylic acids is 2. The van der Waals surface area contributed by atoms with Crippen molar-refractivity contribution in [3.63, 3.8) is 0 Å². The smallest absolute Gasteiger partial charge is 0.238 e. The third kappa shape index (κ3) is 2.13. The van der Waals surface area contributed by atoms with Crippen LogP contribution in [0.2, 0.25) is 0 Å². The third-order valence-electron chi connectivity index (χ3n) is 3.43. The SMILES string of the molecule is C=CCC1=C(O)c2c(OC)cc(OC)c(OC)c2C(=O)C1=O. The van der Waals surface area contributed by atoms with Gasteiger partial charge in [-0.05, 0) is 6.42 Å². The van der Waals surface area contributed by atoms with Crippen molar-refractivity contribution in [2.24, 2.45) is 0 Å². The Morgan fingerprint density at radius 1 is 1.05 bits per heavy atom. The maximum Gasteiger partial charge on any atom is 0.238 e. The average Bonchev–Trinajstić information content (AvgIpc) is 2.54. The molecule has 0 bridgehead atoms. The molecule has 0 aliphatic heterocycles. The standard InChI is InChI=1S/C16H16O6/c1-5-6-8-13(17)11-9(20-2)7-10(21-3)16(22-4)12(11)15(19)14(8)18/h5,7,17H,1,6H2,2-4H3. The second-order valence-electron chi connectivity index (χ2n) is 4.54. The minimum Gasteiger partial charge on any atom is -0.507 e. The van der Waals surface area contributed by atoms with Gasteiger partial charge in [0.2, 0.25) is 11.6 Å². The van der Waals surface area contributed by atoms with Gasteiger partial charge >= 0.3 is 0 Å². The largest absolute Gasteiger partial charge is 0.507 e. The van der Waals surface area contributed by atoms with Gasteiger partial charge in [0.15, 0.2) is 11.5 Å². The Labute approximate surface area is 127 Å². The van der Waals surface area contributed by atoms with Crippen molar-refractivity contribution in [3.05, 3.63) is 35.4 Å². The highest BCUT2D eigenvalue weighted by molar-refractivity contribution is 6.53. The number of fused-ring (bicyclic) bond motifs is 1. The number of Topliss-reactive ketones (excluding diaryl/α,β-unsaturated/α-hetero) is 2. The van der Waals surface area contributed by atoms with Crippen LogP contribution in [-0.2, 0) is 4.79 Å². The second kappa shape index (κ2) is 5.93. The van der Waals surface area contributed by atoms with Crippen molar-refractivity contribution in [2.75, 3.05) is 21.3 Å². The van der Waals surface area contributed by atoms with E-state index in [-0.39, 0.29) is 46.1 Å². The van der Waals surface area contributed by atoms with E-state index in [4.69, 9.17) is 14.2 Å². The van der Waals surface area contributed by atoms with Crippen LogP contribution in [0.15, 0.2) is 24.3 Å². The van der Waals surface area contributed by atoms with Crippen LogP contribution in [0.4, 0.5) is 0 Å². The van der Waals surface area contributed by atoms with Gasteiger partial charge in [-0.2, -0.15) is 0 Å². The van der Waals surface area contributed by atoms with Gasteiger partial charge in [0, 0.05) is 11.6 Å². The molecule has 0 fully saturated rings. The van der Waals surface area contributed by atoms with Crippen LogP contribution in [0.25, 0.3) is 5.76 Å². The molecule has 1 aliphatic carbocycles. The number of benzene rings is 1. The van der Waals surface area contributed by atoms with Crippen LogP contribution >= 0.6 is 0 Å². The number of methoxy groups -OCH3 is 3. The molecule has 1 aromatic rings. The van der Waals surface area contributed by atoms with Crippen LogP contribution in [0.5, 0.6) is 17.2 Å². The van der Waals surface area contributed by atoms with Crippen molar-refractivity contribution >= 4 is 17.3 Å². The van der Waals surface area contributed by atoms with E-state index in [1.807, 2.05) is 0 Å². The molecular weight excluding hydrogens is 288 g/mol. The molecular formula is C16H16O6. The zero-order valence-electron chi connectivity index (χ0n) is 12.6. The Bertz CT molecular complexity index is 699. The van der Waals surface area contributed by atoms with E-state index in [9.17, 15) is 14.7 Å². The van der Waals surface area contributed by atoms with Crippen molar-refractivity contribution in [1.29, 1.82) is 0 Å². The summed E-state index contributed by atoms with van der Waals surface area (Å²) in [6, 6.07) is 1.49. The Kier molecular flexibility index (Phi) is 4.21. The molecule has 0 unspecified atom stereocenters. The fourth-order valence-electron chi connectivity index (χ4n) is 2.43. The van der Waals surface area contributed by atoms with Crippen LogP contribution in [-0.4, -0.2) is 38.0 Å². The summed E-state index contributed by atoms with van der Waals surface area (Å²) in [5.41, 5.74) is 0.0497. The molecule has 0 heterocycles. The number of carbonyl (C=O) groups is 2. The number of ether oxygens (including phenoxy) is 3. The molecule has 0 atom stereocenters. The van der Waals surface area contributed by atoms with E-state index in [0.717, 1.165) is 0 Å². The first-order valence-corrected chi connectivity index (χ1v) is 6.47. The Balaban J connectivity index is 2.91. The lowest BCUT2D eigenvalue weighted by molar-refractivity contribution is -0.112. The molecule has 1 N–H and O–H groups in total. The van der Waals surface area contributed by atoms with Crippen molar-refractivity contribution in [3.8, 4) is 17.2 Å². The van der Waals surface area contributed by atoms with Crippen LogP contribution in [0.3, 0.4) is 0 Å². The Morgan fingerprint density at radius 3 is 2.18 bits per heavy atom. The summed E-state index contributed by atoms with van der Waals surface area (Å²) in [6.45, 7) is 3.52. The molecule has 1 aliphatic rings. The summed E-state index contributed by atoms with van der Waals surface area (Å²) >= 11 is 0. The van der Waals surface area contributed by atoms with Crippen LogP contribution < -0.4 is 14.2 Å². The maximum absolute atomic E-state index is 12.4. The van der Waals surface area contributed by atoms with Crippen molar-refractivity contribution < 1.29 is 28.9 Å². The number of aliphatic hydroxyl groups excluding tert-OH is 1. The minimum absolute atomic E-state index is 0.0157. The van der Waals surface area contributed by atoms with Gasteiger partial charge < -0.3 is 19.3 Å². The zero-order chi connectivity index (χ0) is 16.4. The summed E-state index contributed by atoms with van der Waals surface area (Å²) in [4.78, 5) is 24.6. The topological polar surface area (TPSA) is 82.1 Å². The predicted octanol–water partition coefficient (Wildman–Crippen LogP) is 2.32. The van der Waals surface area contributed by atoms with Gasteiger partial charge in [-0.3, -0.25) is 9.59 Å². The molecule has 0 aromatic heterocycles. The predicted molar refractivity (Wildman–Crippen MR) is 79.8 cm³/mol. The molecule has 2 rings (SSSR count). The van der Waals surface area contributed by atoms with Gasteiger partial charge in [-0.1, -0.05) is 6.08 Å². The Hall–Kier alpha value is -2.76. The number of ketones is 2. The maximum atomic E-state index is 12.4. The third-order valence-corrected chi connectivity index (χ3v) is 3.43. The van der Waals surface area contributed by atoms with Crippen LogP contribution in [0, 0.1) is 0 Å². The molecule has 0 saturated carbocycles. The lowest BCUT2D eigenvalue weighted by atomic mass is 9.85. The molecule has 0 spiro atoms. The monoisotopic (exact) mass is 304 g/mol. The normalized spacial score (nSPS) is 13.8. The molecule has 6 nitrogen and oxygen atoms in total. The summed E-state index contributed by atoms with van der Waals surface area (Å²) in [5, 5.41) is 10.4. The van der Waals surface area contributed by atoms with Gasteiger partial charge in [-0.15, -0.1) is 6.58 Å². The number of hydrogen-bond acceptors (Lipinski definition) is 6. The first-order valence-electron chi connectivity index (χ1n) is 6.47. The Morgan fingerprint density at radius 2 is 1.68 bits per heavy atom. The molecule has 0 amide bonds. The second-order valence-corrected chi connectivity index (χ2v) is 4.54. The summed E-state index contributed by atoms with van der Waals surface area (Å²) < 4.78 is 15.6.